The number of thioether (sulfide) groups is 1. The molecule has 0 radical (unpaired) electrons. The number of aromatic nitrogens is 1. The lowest BCUT2D eigenvalue weighted by Gasteiger charge is -2.33. The summed E-state index contributed by atoms with van der Waals surface area (Å²) >= 11 is 1.59. The van der Waals surface area contributed by atoms with E-state index in [-0.39, 0.29) is 17.2 Å². The first-order valence-electron chi connectivity index (χ1n) is 9.62. The lowest BCUT2D eigenvalue weighted by Crippen LogP contribution is -2.49. The van der Waals surface area contributed by atoms with E-state index in [0.717, 1.165) is 16.8 Å². The Bertz CT molecular complexity index is 826. The summed E-state index contributed by atoms with van der Waals surface area (Å²) in [5, 5.41) is 2.85. The van der Waals surface area contributed by atoms with E-state index >= 15 is 0 Å². The average molecular weight is 398 g/mol. The number of rotatable bonds is 7. The Morgan fingerprint density at radius 1 is 1.29 bits per heavy atom. The molecule has 148 valence electrons. The minimum atomic E-state index is -0.489. The molecule has 1 saturated heterocycles. The second-order valence-electron chi connectivity index (χ2n) is 7.56. The third-order valence-corrected chi connectivity index (χ3v) is 5.96. The van der Waals surface area contributed by atoms with Crippen molar-refractivity contribution in [3.05, 3.63) is 65.5 Å². The fourth-order valence-corrected chi connectivity index (χ4v) is 4.66. The molecule has 1 aliphatic rings. The molecule has 2 heterocycles. The number of nitrogens with one attached hydrogen (secondary N) is 1. The van der Waals surface area contributed by atoms with Gasteiger partial charge in [0, 0.05) is 6.20 Å². The molecule has 0 aliphatic carbocycles. The van der Waals surface area contributed by atoms with Crippen molar-refractivity contribution in [1.82, 2.24) is 15.2 Å². The molecule has 0 saturated carbocycles. The predicted molar refractivity (Wildman–Crippen MR) is 113 cm³/mol. The smallest absolute Gasteiger partial charge is 0.243 e. The van der Waals surface area contributed by atoms with Crippen LogP contribution in [-0.4, -0.2) is 33.5 Å². The maximum atomic E-state index is 13.1. The number of carbonyl (C=O) groups is 2. The highest BCUT2D eigenvalue weighted by Gasteiger charge is 2.41. The summed E-state index contributed by atoms with van der Waals surface area (Å²) in [6.07, 6.45) is 2.34. The van der Waals surface area contributed by atoms with E-state index in [4.69, 9.17) is 0 Å². The van der Waals surface area contributed by atoms with Crippen molar-refractivity contribution in [2.45, 2.75) is 45.2 Å². The van der Waals surface area contributed by atoms with Crippen molar-refractivity contribution < 1.29 is 9.59 Å². The van der Waals surface area contributed by atoms with Crippen molar-refractivity contribution in [2.75, 3.05) is 5.75 Å². The number of carbonyl (C=O) groups excluding carboxylic acids is 2. The maximum Gasteiger partial charge on any atom is 0.243 e. The first-order valence-corrected chi connectivity index (χ1v) is 10.7. The van der Waals surface area contributed by atoms with Crippen molar-refractivity contribution in [2.24, 2.45) is 5.92 Å². The number of benzene rings is 1. The van der Waals surface area contributed by atoms with Crippen molar-refractivity contribution in [1.29, 1.82) is 0 Å². The standard InChI is InChI=1S/C22H27N3O2S/c1-15(2)11-19(21(27)24-13-18-9-4-5-10-23-18)25-20(26)14-28-22(25)17-8-6-7-16(3)12-17/h4-10,12,15,19,22H,11,13-14H2,1-3H3,(H,24,27). The van der Waals surface area contributed by atoms with Crippen LogP contribution >= 0.6 is 11.8 Å². The molecule has 6 heteroatoms. The summed E-state index contributed by atoms with van der Waals surface area (Å²) in [4.78, 5) is 31.9. The highest BCUT2D eigenvalue weighted by atomic mass is 32.2. The van der Waals surface area contributed by atoms with Gasteiger partial charge in [0.1, 0.15) is 11.4 Å². The normalized spacial score (nSPS) is 17.8. The van der Waals surface area contributed by atoms with Gasteiger partial charge in [-0.1, -0.05) is 49.7 Å². The Balaban J connectivity index is 1.81. The van der Waals surface area contributed by atoms with Crippen LogP contribution in [0.5, 0.6) is 0 Å². The van der Waals surface area contributed by atoms with Crippen LogP contribution in [0.25, 0.3) is 0 Å². The SMILES string of the molecule is Cc1cccc(C2SCC(=O)N2C(CC(C)C)C(=O)NCc2ccccn2)c1. The zero-order chi connectivity index (χ0) is 20.1. The summed E-state index contributed by atoms with van der Waals surface area (Å²) in [5.41, 5.74) is 3.02. The molecular formula is C22H27N3O2S. The molecule has 5 nitrogen and oxygen atoms in total. The molecule has 2 amide bonds. The van der Waals surface area contributed by atoms with Crippen LogP contribution in [-0.2, 0) is 16.1 Å². The van der Waals surface area contributed by atoms with E-state index < -0.39 is 6.04 Å². The Hall–Kier alpha value is -2.34. The van der Waals surface area contributed by atoms with Gasteiger partial charge in [-0.2, -0.15) is 0 Å². The molecule has 1 fully saturated rings. The summed E-state index contributed by atoms with van der Waals surface area (Å²) < 4.78 is 0. The summed E-state index contributed by atoms with van der Waals surface area (Å²) in [6.45, 7) is 6.56. The molecule has 3 rings (SSSR count). The lowest BCUT2D eigenvalue weighted by atomic mass is 10.00. The molecule has 0 spiro atoms. The van der Waals surface area contributed by atoms with E-state index in [1.807, 2.05) is 43.3 Å². The van der Waals surface area contributed by atoms with Gasteiger partial charge in [0.25, 0.3) is 0 Å². The van der Waals surface area contributed by atoms with Crippen LogP contribution in [0.3, 0.4) is 0 Å². The second-order valence-corrected chi connectivity index (χ2v) is 8.63. The van der Waals surface area contributed by atoms with Gasteiger partial charge < -0.3 is 10.2 Å². The van der Waals surface area contributed by atoms with Gasteiger partial charge in [0.2, 0.25) is 11.8 Å². The highest BCUT2D eigenvalue weighted by Crippen LogP contribution is 2.41. The fraction of sp³-hybridized carbons (Fsp3) is 0.409. The Kier molecular flexibility index (Phi) is 6.73. The van der Waals surface area contributed by atoms with Gasteiger partial charge >= 0.3 is 0 Å². The van der Waals surface area contributed by atoms with Crippen molar-refractivity contribution in [3.8, 4) is 0 Å². The molecular weight excluding hydrogens is 370 g/mol. The van der Waals surface area contributed by atoms with E-state index in [1.165, 1.54) is 0 Å². The van der Waals surface area contributed by atoms with E-state index in [0.29, 0.717) is 24.6 Å². The van der Waals surface area contributed by atoms with Gasteiger partial charge in [0.15, 0.2) is 0 Å². The number of amides is 2. The minimum absolute atomic E-state index is 0.0233. The van der Waals surface area contributed by atoms with Gasteiger partial charge in [-0.25, -0.2) is 0 Å². The molecule has 2 atom stereocenters. The van der Waals surface area contributed by atoms with E-state index in [1.54, 1.807) is 22.9 Å². The van der Waals surface area contributed by atoms with Gasteiger partial charge in [-0.3, -0.25) is 14.6 Å². The third kappa shape index (κ3) is 4.93. The largest absolute Gasteiger partial charge is 0.349 e. The molecule has 1 aliphatic heterocycles. The number of hydrogen-bond acceptors (Lipinski definition) is 4. The molecule has 0 bridgehead atoms. The molecule has 1 aromatic heterocycles. The Morgan fingerprint density at radius 2 is 2.11 bits per heavy atom. The zero-order valence-corrected chi connectivity index (χ0v) is 17.4. The number of hydrogen-bond donors (Lipinski definition) is 1. The van der Waals surface area contributed by atoms with Crippen LogP contribution in [0, 0.1) is 12.8 Å². The Morgan fingerprint density at radius 3 is 2.79 bits per heavy atom. The average Bonchev–Trinajstić information content (AvgIpc) is 3.06. The van der Waals surface area contributed by atoms with Crippen LogP contribution < -0.4 is 5.32 Å². The Labute approximate surface area is 170 Å². The monoisotopic (exact) mass is 397 g/mol. The third-order valence-electron chi connectivity index (χ3n) is 4.74. The maximum absolute atomic E-state index is 13.1. The number of aryl methyl sites for hydroxylation is 1. The fourth-order valence-electron chi connectivity index (χ4n) is 3.45. The first-order chi connectivity index (χ1) is 13.5. The van der Waals surface area contributed by atoms with Crippen LogP contribution in [0.4, 0.5) is 0 Å². The van der Waals surface area contributed by atoms with Gasteiger partial charge in [-0.05, 0) is 37.0 Å². The van der Waals surface area contributed by atoms with Crippen molar-refractivity contribution >= 4 is 23.6 Å². The van der Waals surface area contributed by atoms with Crippen LogP contribution in [0.2, 0.25) is 0 Å². The van der Waals surface area contributed by atoms with Crippen LogP contribution in [0.15, 0.2) is 48.7 Å². The molecule has 2 aromatic rings. The molecule has 1 aromatic carbocycles. The highest BCUT2D eigenvalue weighted by molar-refractivity contribution is 8.00. The summed E-state index contributed by atoms with van der Waals surface area (Å²) in [7, 11) is 0. The van der Waals surface area contributed by atoms with E-state index in [9.17, 15) is 9.59 Å². The van der Waals surface area contributed by atoms with Gasteiger partial charge in [0.05, 0.1) is 18.0 Å². The van der Waals surface area contributed by atoms with E-state index in [2.05, 4.69) is 30.2 Å². The molecule has 28 heavy (non-hydrogen) atoms. The predicted octanol–water partition coefficient (Wildman–Crippen LogP) is 3.70. The number of nitrogens with zero attached hydrogens (tertiary/aromatic N) is 2. The molecule has 1 N–H and O–H groups in total. The first kappa shape index (κ1) is 20.4. The number of pyridine rings is 1. The second kappa shape index (κ2) is 9.24. The van der Waals surface area contributed by atoms with Crippen molar-refractivity contribution in [3.63, 3.8) is 0 Å². The zero-order valence-electron chi connectivity index (χ0n) is 16.6. The lowest BCUT2D eigenvalue weighted by molar-refractivity contribution is -0.139. The van der Waals surface area contributed by atoms with Crippen LogP contribution in [0.1, 0.15) is 42.5 Å². The summed E-state index contributed by atoms with van der Waals surface area (Å²) in [5.74, 6) is 0.603. The minimum Gasteiger partial charge on any atom is -0.349 e. The molecule has 2 unspecified atom stereocenters. The summed E-state index contributed by atoms with van der Waals surface area (Å²) in [6, 6.07) is 13.3. The van der Waals surface area contributed by atoms with Gasteiger partial charge in [-0.15, -0.1) is 11.8 Å². The quantitative estimate of drug-likeness (QED) is 0.774. The topological polar surface area (TPSA) is 62.3 Å².